The zero-order valence-corrected chi connectivity index (χ0v) is 14.3. The first-order valence-electron chi connectivity index (χ1n) is 7.06. The minimum atomic E-state index is -4.48. The Morgan fingerprint density at radius 2 is 1.96 bits per heavy atom. The molecule has 24 heavy (non-hydrogen) atoms. The maximum atomic E-state index is 13.0. The van der Waals surface area contributed by atoms with Gasteiger partial charge < -0.3 is 4.57 Å². The van der Waals surface area contributed by atoms with Gasteiger partial charge in [-0.1, -0.05) is 29.3 Å². The van der Waals surface area contributed by atoms with E-state index in [0.29, 0.717) is 33.0 Å². The summed E-state index contributed by atoms with van der Waals surface area (Å²) in [7, 11) is 1.68. The van der Waals surface area contributed by atoms with Gasteiger partial charge in [0.25, 0.3) is 0 Å². The standard InChI is InChI=1S/C17H12Cl2F3N2/c1-9-6-15(17(20,21)22)23-16-11(9)7-10(24(16)2)8-12-13(18)4-3-5-14(12)19/h3-4,6-7H,8H2,1-2H3. The molecule has 0 aliphatic rings. The van der Waals surface area contributed by atoms with E-state index in [1.165, 1.54) is 0 Å². The molecule has 0 bridgehead atoms. The van der Waals surface area contributed by atoms with E-state index in [1.54, 1.807) is 30.7 Å². The summed E-state index contributed by atoms with van der Waals surface area (Å²) < 4.78 is 40.6. The Labute approximate surface area is 146 Å². The third kappa shape index (κ3) is 2.98. The van der Waals surface area contributed by atoms with Crippen molar-refractivity contribution >= 4 is 34.2 Å². The lowest BCUT2D eigenvalue weighted by Crippen LogP contribution is -2.09. The van der Waals surface area contributed by atoms with Crippen LogP contribution in [0.4, 0.5) is 13.2 Å². The Morgan fingerprint density at radius 3 is 2.58 bits per heavy atom. The summed E-state index contributed by atoms with van der Waals surface area (Å²) in [5, 5.41) is 1.56. The van der Waals surface area contributed by atoms with Crippen molar-refractivity contribution in [2.24, 2.45) is 7.05 Å². The molecule has 1 aromatic carbocycles. The maximum Gasteiger partial charge on any atom is 0.433 e. The molecule has 7 heteroatoms. The third-order valence-corrected chi connectivity index (χ3v) is 4.64. The Balaban J connectivity index is 2.14. The number of fused-ring (bicyclic) bond motifs is 1. The summed E-state index contributed by atoms with van der Waals surface area (Å²) in [6, 6.07) is 9.04. The molecule has 0 saturated carbocycles. The van der Waals surface area contributed by atoms with Crippen molar-refractivity contribution < 1.29 is 13.2 Å². The fraction of sp³-hybridized carbons (Fsp3) is 0.235. The second kappa shape index (κ2) is 5.97. The van der Waals surface area contributed by atoms with E-state index in [-0.39, 0.29) is 5.65 Å². The van der Waals surface area contributed by atoms with Crippen molar-refractivity contribution in [1.29, 1.82) is 0 Å². The number of pyridine rings is 1. The smallest absolute Gasteiger partial charge is 0.332 e. The highest BCUT2D eigenvalue weighted by Crippen LogP contribution is 2.33. The molecule has 2 heterocycles. The van der Waals surface area contributed by atoms with Gasteiger partial charge in [0.1, 0.15) is 11.3 Å². The van der Waals surface area contributed by atoms with Gasteiger partial charge >= 0.3 is 6.18 Å². The lowest BCUT2D eigenvalue weighted by molar-refractivity contribution is -0.141. The number of alkyl halides is 3. The molecule has 1 radical (unpaired) electrons. The summed E-state index contributed by atoms with van der Waals surface area (Å²) in [5.74, 6) is 0. The van der Waals surface area contributed by atoms with Gasteiger partial charge in [-0.3, -0.25) is 0 Å². The molecule has 0 atom stereocenters. The van der Waals surface area contributed by atoms with Crippen LogP contribution < -0.4 is 0 Å². The zero-order chi connectivity index (χ0) is 17.6. The van der Waals surface area contributed by atoms with Crippen LogP contribution >= 0.6 is 23.2 Å². The summed E-state index contributed by atoms with van der Waals surface area (Å²) in [4.78, 5) is 3.78. The minimum Gasteiger partial charge on any atom is -0.332 e. The molecular weight excluding hydrogens is 360 g/mol. The molecule has 2 aromatic heterocycles. The number of aromatic nitrogens is 2. The second-order valence-corrected chi connectivity index (χ2v) is 6.33. The number of halogens is 5. The van der Waals surface area contributed by atoms with Crippen molar-refractivity contribution in [1.82, 2.24) is 9.55 Å². The van der Waals surface area contributed by atoms with Crippen LogP contribution in [-0.2, 0) is 19.6 Å². The lowest BCUT2D eigenvalue weighted by atomic mass is 10.1. The van der Waals surface area contributed by atoms with Gasteiger partial charge in [-0.25, -0.2) is 4.98 Å². The van der Waals surface area contributed by atoms with E-state index in [2.05, 4.69) is 11.1 Å². The topological polar surface area (TPSA) is 17.8 Å². The molecule has 3 aromatic rings. The normalized spacial score (nSPS) is 12.1. The molecule has 0 aliphatic carbocycles. The van der Waals surface area contributed by atoms with Gasteiger partial charge in [-0.05, 0) is 36.2 Å². The van der Waals surface area contributed by atoms with E-state index in [0.717, 1.165) is 11.8 Å². The Hall–Kier alpha value is -1.72. The largest absolute Gasteiger partial charge is 0.433 e. The number of rotatable bonds is 2. The van der Waals surface area contributed by atoms with E-state index in [4.69, 9.17) is 23.2 Å². The average molecular weight is 372 g/mol. The molecular formula is C17H12Cl2F3N2. The van der Waals surface area contributed by atoms with Crippen LogP contribution in [0, 0.1) is 13.0 Å². The van der Waals surface area contributed by atoms with Crippen molar-refractivity contribution in [3.8, 4) is 0 Å². The molecule has 125 valence electrons. The number of hydrogen-bond donors (Lipinski definition) is 0. The Bertz CT molecular complexity index is 909. The SMILES string of the molecule is Cc1cc(C(F)(F)F)nc2c1cc(Cc1c(Cl)[c]ccc1Cl)n2C. The molecule has 3 rings (SSSR count). The number of hydrogen-bond acceptors (Lipinski definition) is 1. The minimum absolute atomic E-state index is 0.282. The number of benzene rings is 1. The molecule has 0 spiro atoms. The maximum absolute atomic E-state index is 13.0. The van der Waals surface area contributed by atoms with Gasteiger partial charge in [0, 0.05) is 35.6 Å². The van der Waals surface area contributed by atoms with Crippen LogP contribution in [0.5, 0.6) is 0 Å². The van der Waals surface area contributed by atoms with Crippen LogP contribution in [-0.4, -0.2) is 9.55 Å². The first kappa shape index (κ1) is 17.1. The molecule has 2 nitrogen and oxygen atoms in total. The highest BCUT2D eigenvalue weighted by molar-refractivity contribution is 6.35. The van der Waals surface area contributed by atoms with E-state index in [1.807, 2.05) is 6.07 Å². The summed E-state index contributed by atoms with van der Waals surface area (Å²) in [6.07, 6.45) is -4.10. The quantitative estimate of drug-likeness (QED) is 0.573. The summed E-state index contributed by atoms with van der Waals surface area (Å²) >= 11 is 12.3. The third-order valence-electron chi connectivity index (χ3n) is 3.95. The molecule has 0 amide bonds. The summed E-state index contributed by atoms with van der Waals surface area (Å²) in [6.45, 7) is 1.64. The van der Waals surface area contributed by atoms with Gasteiger partial charge in [0.2, 0.25) is 0 Å². The second-order valence-electron chi connectivity index (χ2n) is 5.55. The van der Waals surface area contributed by atoms with Gasteiger partial charge in [-0.15, -0.1) is 0 Å². The number of aryl methyl sites for hydroxylation is 2. The predicted octanol–water partition coefficient (Wildman–Crippen LogP) is 5.60. The predicted molar refractivity (Wildman–Crippen MR) is 88.6 cm³/mol. The van der Waals surface area contributed by atoms with Crippen LogP contribution in [0.1, 0.15) is 22.5 Å². The average Bonchev–Trinajstić information content (AvgIpc) is 2.80. The van der Waals surface area contributed by atoms with Crippen LogP contribution in [0.15, 0.2) is 24.3 Å². The highest BCUT2D eigenvalue weighted by Gasteiger charge is 2.33. The first-order valence-corrected chi connectivity index (χ1v) is 7.81. The Morgan fingerprint density at radius 1 is 1.25 bits per heavy atom. The van der Waals surface area contributed by atoms with Gasteiger partial charge in [0.05, 0.1) is 5.02 Å². The molecule has 0 N–H and O–H groups in total. The van der Waals surface area contributed by atoms with E-state index < -0.39 is 11.9 Å². The molecule has 0 unspecified atom stereocenters. The molecule has 0 fully saturated rings. The first-order chi connectivity index (χ1) is 11.2. The van der Waals surface area contributed by atoms with Crippen LogP contribution in [0.3, 0.4) is 0 Å². The fourth-order valence-electron chi connectivity index (χ4n) is 2.64. The van der Waals surface area contributed by atoms with Crippen LogP contribution in [0.25, 0.3) is 11.0 Å². The number of nitrogens with zero attached hydrogens (tertiary/aromatic N) is 2. The highest BCUT2D eigenvalue weighted by atomic mass is 35.5. The lowest BCUT2D eigenvalue weighted by Gasteiger charge is -2.09. The fourth-order valence-corrected chi connectivity index (χ4v) is 3.14. The molecule has 0 aliphatic heterocycles. The van der Waals surface area contributed by atoms with Gasteiger partial charge in [0.15, 0.2) is 0 Å². The van der Waals surface area contributed by atoms with Crippen molar-refractivity contribution in [3.05, 3.63) is 62.9 Å². The van der Waals surface area contributed by atoms with Crippen LogP contribution in [0.2, 0.25) is 10.0 Å². The zero-order valence-electron chi connectivity index (χ0n) is 12.8. The van der Waals surface area contributed by atoms with Crippen molar-refractivity contribution in [3.63, 3.8) is 0 Å². The van der Waals surface area contributed by atoms with E-state index >= 15 is 0 Å². The van der Waals surface area contributed by atoms with E-state index in [9.17, 15) is 13.2 Å². The van der Waals surface area contributed by atoms with Gasteiger partial charge in [-0.2, -0.15) is 13.2 Å². The monoisotopic (exact) mass is 371 g/mol. The summed E-state index contributed by atoms with van der Waals surface area (Å²) in [5.41, 5.74) is 1.35. The Kier molecular flexibility index (Phi) is 4.26. The van der Waals surface area contributed by atoms with Crippen molar-refractivity contribution in [2.75, 3.05) is 0 Å². The van der Waals surface area contributed by atoms with Crippen molar-refractivity contribution in [2.45, 2.75) is 19.5 Å². The molecule has 0 saturated heterocycles.